The van der Waals surface area contributed by atoms with Crippen LogP contribution in [0.25, 0.3) is 0 Å². The maximum absolute atomic E-state index is 13.5. The second-order valence-electron chi connectivity index (χ2n) is 24.6. The number of amides is 1. The van der Waals surface area contributed by atoms with Crippen LogP contribution >= 0.6 is 0 Å². The molecule has 0 spiro atoms. The predicted molar refractivity (Wildman–Crippen MR) is 356 cm³/mol. The summed E-state index contributed by atoms with van der Waals surface area (Å²) in [7, 11) is 0. The molecule has 1 aliphatic heterocycles. The summed E-state index contributed by atoms with van der Waals surface area (Å²) in [5.41, 5.74) is 0. The molecule has 8 unspecified atom stereocenters. The summed E-state index contributed by atoms with van der Waals surface area (Å²) in [5.74, 6) is -1.21. The van der Waals surface area contributed by atoms with Gasteiger partial charge in [0.2, 0.25) is 5.91 Å². The summed E-state index contributed by atoms with van der Waals surface area (Å²) in [6, 6.07) is -1.04. The highest BCUT2D eigenvalue weighted by molar-refractivity contribution is 5.80. The highest BCUT2D eigenvalue weighted by atomic mass is 16.7. The highest BCUT2D eigenvalue weighted by Gasteiger charge is 2.47. The van der Waals surface area contributed by atoms with Crippen LogP contribution in [0.4, 0.5) is 0 Å². The van der Waals surface area contributed by atoms with Gasteiger partial charge in [0.15, 0.2) is 12.4 Å². The summed E-state index contributed by atoms with van der Waals surface area (Å²) in [6.45, 7) is 5.76. The largest absolute Gasteiger partial charge is 0.454 e. The van der Waals surface area contributed by atoms with E-state index in [1.54, 1.807) is 6.08 Å². The molecule has 8 atom stereocenters. The monoisotopic (exact) mass is 1200 g/mol. The fourth-order valence-corrected chi connectivity index (χ4v) is 10.9. The normalized spacial score (nSPS) is 18.8. The Morgan fingerprint density at radius 2 is 0.812 bits per heavy atom. The summed E-state index contributed by atoms with van der Waals surface area (Å²) >= 11 is 0. The third-order valence-corrected chi connectivity index (χ3v) is 16.6. The van der Waals surface area contributed by atoms with Gasteiger partial charge in [0.05, 0.1) is 25.4 Å². The molecule has 0 aromatic heterocycles. The Bertz CT molecular complexity index is 1660. The Balaban J connectivity index is 2.56. The average molecular weight is 1200 g/mol. The Morgan fingerprint density at radius 3 is 1.24 bits per heavy atom. The topological polar surface area (TPSA) is 175 Å². The lowest BCUT2D eigenvalue weighted by Gasteiger charge is -2.41. The van der Waals surface area contributed by atoms with Crippen molar-refractivity contribution in [1.82, 2.24) is 5.32 Å². The van der Waals surface area contributed by atoms with Crippen LogP contribution < -0.4 is 5.32 Å². The van der Waals surface area contributed by atoms with E-state index in [0.717, 1.165) is 83.5 Å². The van der Waals surface area contributed by atoms with Crippen LogP contribution in [0.15, 0.2) is 72.9 Å². The zero-order chi connectivity index (χ0) is 61.7. The van der Waals surface area contributed by atoms with Crippen LogP contribution in [0, 0.1) is 0 Å². The molecule has 1 amide bonds. The van der Waals surface area contributed by atoms with Crippen molar-refractivity contribution >= 4 is 11.9 Å². The second-order valence-corrected chi connectivity index (χ2v) is 24.6. The van der Waals surface area contributed by atoms with Gasteiger partial charge in [-0.25, -0.2) is 0 Å². The highest BCUT2D eigenvalue weighted by Crippen LogP contribution is 2.26. The lowest BCUT2D eigenvalue weighted by Crippen LogP contribution is -2.61. The lowest BCUT2D eigenvalue weighted by atomic mass is 9.99. The van der Waals surface area contributed by atoms with E-state index in [1.165, 1.54) is 193 Å². The number of carbonyl (C=O) groups excluding carboxylic acids is 2. The van der Waals surface area contributed by atoms with Gasteiger partial charge >= 0.3 is 5.97 Å². The number of nitrogens with one attached hydrogen (secondary N) is 1. The van der Waals surface area contributed by atoms with E-state index in [1.807, 2.05) is 6.08 Å². The minimum Gasteiger partial charge on any atom is -0.454 e. The van der Waals surface area contributed by atoms with Gasteiger partial charge in [-0.2, -0.15) is 0 Å². The van der Waals surface area contributed by atoms with Crippen molar-refractivity contribution in [2.45, 2.75) is 372 Å². The van der Waals surface area contributed by atoms with Gasteiger partial charge in [-0.05, 0) is 96.3 Å². The van der Waals surface area contributed by atoms with Crippen LogP contribution in [-0.2, 0) is 23.8 Å². The smallest absolute Gasteiger partial charge is 0.306 e. The van der Waals surface area contributed by atoms with Crippen LogP contribution in [0.3, 0.4) is 0 Å². The van der Waals surface area contributed by atoms with Crippen molar-refractivity contribution in [1.29, 1.82) is 0 Å². The van der Waals surface area contributed by atoms with Crippen LogP contribution in [0.5, 0.6) is 0 Å². The molecule has 11 heteroatoms. The van der Waals surface area contributed by atoms with E-state index in [-0.39, 0.29) is 19.4 Å². The lowest BCUT2D eigenvalue weighted by molar-refractivity contribution is -0.305. The maximum atomic E-state index is 13.5. The van der Waals surface area contributed by atoms with Crippen molar-refractivity contribution in [3.8, 4) is 0 Å². The number of aliphatic hydroxyl groups is 5. The number of aliphatic hydroxyl groups excluding tert-OH is 5. The molecule has 1 aliphatic rings. The number of carbonyl (C=O) groups is 2. The van der Waals surface area contributed by atoms with E-state index in [0.29, 0.717) is 12.8 Å². The van der Waals surface area contributed by atoms with Gasteiger partial charge < -0.3 is 45.1 Å². The molecule has 0 aromatic rings. The molecular formula is C74H133NO10. The quantitative estimate of drug-likeness (QED) is 0.0195. The number of esters is 1. The molecule has 11 nitrogen and oxygen atoms in total. The number of hydrogen-bond acceptors (Lipinski definition) is 10. The summed E-state index contributed by atoms with van der Waals surface area (Å²) in [6.07, 6.45) is 69.5. The zero-order valence-corrected chi connectivity index (χ0v) is 55.0. The number of hydrogen-bond donors (Lipinski definition) is 6. The van der Waals surface area contributed by atoms with Crippen LogP contribution in [-0.4, -0.2) is 99.6 Å². The van der Waals surface area contributed by atoms with Gasteiger partial charge in [0.1, 0.15) is 24.4 Å². The third-order valence-electron chi connectivity index (χ3n) is 16.6. The minimum absolute atomic E-state index is 0.121. The molecule has 1 fully saturated rings. The van der Waals surface area contributed by atoms with E-state index in [4.69, 9.17) is 14.2 Å². The Kier molecular flexibility index (Phi) is 57.8. The van der Waals surface area contributed by atoms with Crippen LogP contribution in [0.1, 0.15) is 323 Å². The standard InChI is InChI=1S/C74H133NO10/c1-4-7-10-13-16-19-22-25-27-29-30-31-32-33-34-35-36-37-38-39-41-44-47-50-53-56-59-62-69(79)85-72-71(81)70(80)68(63-76)84-74(72)83-64-65(66(77)60-57-54-51-48-45-42-24-21-18-15-12-9-6-3)75-73(82)67(78)61-58-55-52-49-46-43-40-28-26-23-20-17-14-11-8-5-2/h16-17,19-20,25-28,43,46,57,60,65-68,70-72,74,76-78,80-81H,4-15,18,21-24,29-42,44-45,47-56,58-59,61-64H2,1-3H3,(H,75,82)/b19-16-,20-17-,27-25-,28-26-,46-43-,60-57+. The fourth-order valence-electron chi connectivity index (χ4n) is 10.9. The SMILES string of the molecule is CCCCC/C=C\C/C=C\C/C=C\CCCCCC(O)C(=O)NC(COC1OC(CO)C(O)C(O)C1OC(=O)CCCCCCCCCCCCCCCCCCC/C=C\C/C=C\CCCCC)C(O)/C=C/CCCCCCCCCCCCC. The van der Waals surface area contributed by atoms with Gasteiger partial charge in [-0.3, -0.25) is 9.59 Å². The van der Waals surface area contributed by atoms with Crippen molar-refractivity contribution in [2.75, 3.05) is 13.2 Å². The summed E-state index contributed by atoms with van der Waals surface area (Å²) in [4.78, 5) is 26.7. The van der Waals surface area contributed by atoms with Crippen molar-refractivity contribution in [3.63, 3.8) is 0 Å². The van der Waals surface area contributed by atoms with Crippen molar-refractivity contribution in [3.05, 3.63) is 72.9 Å². The maximum Gasteiger partial charge on any atom is 0.306 e. The van der Waals surface area contributed by atoms with E-state index >= 15 is 0 Å². The fraction of sp³-hybridized carbons (Fsp3) is 0.811. The molecule has 0 aliphatic carbocycles. The Morgan fingerprint density at radius 1 is 0.459 bits per heavy atom. The summed E-state index contributed by atoms with van der Waals surface area (Å²) < 4.78 is 17.7. The molecule has 0 saturated carbocycles. The van der Waals surface area contributed by atoms with Crippen molar-refractivity contribution < 1.29 is 49.3 Å². The molecule has 0 aromatic carbocycles. The first-order valence-electron chi connectivity index (χ1n) is 35.7. The first-order valence-corrected chi connectivity index (χ1v) is 35.7. The number of ether oxygens (including phenoxy) is 3. The number of rotatable bonds is 61. The first-order chi connectivity index (χ1) is 41.7. The van der Waals surface area contributed by atoms with Gasteiger partial charge in [0.25, 0.3) is 0 Å². The minimum atomic E-state index is -1.62. The Hall–Kier alpha value is -2.90. The molecule has 1 saturated heterocycles. The molecule has 6 N–H and O–H groups in total. The van der Waals surface area contributed by atoms with Crippen molar-refractivity contribution in [2.24, 2.45) is 0 Å². The number of unbranched alkanes of at least 4 members (excludes halogenated alkanes) is 37. The molecule has 0 bridgehead atoms. The van der Waals surface area contributed by atoms with Gasteiger partial charge in [0, 0.05) is 6.42 Å². The molecule has 0 radical (unpaired) electrons. The van der Waals surface area contributed by atoms with E-state index in [9.17, 15) is 35.1 Å². The van der Waals surface area contributed by atoms with E-state index in [2.05, 4.69) is 86.8 Å². The summed E-state index contributed by atoms with van der Waals surface area (Å²) in [5, 5.41) is 57.2. The first kappa shape index (κ1) is 80.1. The molecule has 1 heterocycles. The zero-order valence-electron chi connectivity index (χ0n) is 55.0. The second kappa shape index (κ2) is 61.3. The third kappa shape index (κ3) is 48.7. The predicted octanol–water partition coefficient (Wildman–Crippen LogP) is 18.3. The Labute approximate surface area is 521 Å². The molecular weight excluding hydrogens is 1060 g/mol. The van der Waals surface area contributed by atoms with E-state index < -0.39 is 67.4 Å². The molecule has 1 rings (SSSR count). The average Bonchev–Trinajstić information content (AvgIpc) is 3.13. The van der Waals surface area contributed by atoms with Crippen LogP contribution in [0.2, 0.25) is 0 Å². The molecule has 494 valence electrons. The molecule has 85 heavy (non-hydrogen) atoms. The van der Waals surface area contributed by atoms with Gasteiger partial charge in [-0.1, -0.05) is 293 Å². The van der Waals surface area contributed by atoms with Gasteiger partial charge in [-0.15, -0.1) is 0 Å². The number of allylic oxidation sites excluding steroid dienone is 11.